The molecule has 0 aliphatic heterocycles. The van der Waals surface area contributed by atoms with Gasteiger partial charge in [-0.05, 0) is 19.9 Å². The Balaban J connectivity index is 2.30. The molecular weight excluding hydrogens is 340 g/mol. The zero-order chi connectivity index (χ0) is 18.2. The molecule has 0 bridgehead atoms. The maximum Gasteiger partial charge on any atom is 0.244 e. The van der Waals surface area contributed by atoms with Gasteiger partial charge in [0.15, 0.2) is 0 Å². The van der Waals surface area contributed by atoms with E-state index in [2.05, 4.69) is 10.1 Å². The first-order valence-corrected chi connectivity index (χ1v) is 9.17. The number of hydrogen-bond donors (Lipinski definition) is 2. The van der Waals surface area contributed by atoms with Crippen LogP contribution in [0.25, 0.3) is 11.0 Å². The Morgan fingerprint density at radius 3 is 2.44 bits per heavy atom. The molecule has 0 aliphatic carbocycles. The zero-order valence-corrected chi connectivity index (χ0v) is 14.6. The van der Waals surface area contributed by atoms with Crippen molar-refractivity contribution in [3.8, 4) is 0 Å². The Labute approximate surface area is 145 Å². The number of oxime groups is 1. The summed E-state index contributed by atoms with van der Waals surface area (Å²) in [6.07, 6.45) is 0. The second kappa shape index (κ2) is 6.21. The van der Waals surface area contributed by atoms with Crippen LogP contribution < -0.4 is 5.73 Å². The molecule has 0 saturated carbocycles. The Bertz CT molecular complexity index is 1050. The molecule has 1 heterocycles. The molecule has 0 saturated heterocycles. The first-order valence-electron chi connectivity index (χ1n) is 7.67. The van der Waals surface area contributed by atoms with Crippen molar-refractivity contribution in [3.05, 3.63) is 59.7 Å². The van der Waals surface area contributed by atoms with E-state index in [-0.39, 0.29) is 11.7 Å². The number of aromatic nitrogens is 2. The van der Waals surface area contributed by atoms with E-state index in [0.29, 0.717) is 22.2 Å². The standard InChI is InChI=1S/C17H18N4O3S/c1-11(2)25(23,24)21-14-10-6-9-13(16(14)19-17(21)18)15(20-22)12-7-4-3-5-8-12/h3-11,22H,1-2H3,(H2,18,19)/b20-15+. The topological polar surface area (TPSA) is 111 Å². The van der Waals surface area contributed by atoms with Gasteiger partial charge in [-0.1, -0.05) is 47.6 Å². The van der Waals surface area contributed by atoms with Crippen LogP contribution in [0.1, 0.15) is 25.0 Å². The third-order valence-electron chi connectivity index (χ3n) is 3.92. The highest BCUT2D eigenvalue weighted by Gasteiger charge is 2.26. The molecule has 130 valence electrons. The van der Waals surface area contributed by atoms with Crippen LogP contribution in [-0.4, -0.2) is 33.5 Å². The van der Waals surface area contributed by atoms with E-state index in [9.17, 15) is 13.6 Å². The quantitative estimate of drug-likeness (QED) is 0.423. The monoisotopic (exact) mass is 358 g/mol. The van der Waals surface area contributed by atoms with Gasteiger partial charge in [0.1, 0.15) is 11.2 Å². The van der Waals surface area contributed by atoms with Gasteiger partial charge in [-0.2, -0.15) is 0 Å². The van der Waals surface area contributed by atoms with Gasteiger partial charge >= 0.3 is 0 Å². The SMILES string of the molecule is CC(C)S(=O)(=O)n1c(N)nc2c(/C(=N/O)c3ccccc3)cccc21. The fraction of sp³-hybridized carbons (Fsp3) is 0.176. The van der Waals surface area contributed by atoms with Gasteiger partial charge in [-0.25, -0.2) is 17.4 Å². The van der Waals surface area contributed by atoms with Gasteiger partial charge in [0.25, 0.3) is 0 Å². The summed E-state index contributed by atoms with van der Waals surface area (Å²) in [4.78, 5) is 4.23. The summed E-state index contributed by atoms with van der Waals surface area (Å²) in [5, 5.41) is 12.3. The number of fused-ring (bicyclic) bond motifs is 1. The molecule has 3 rings (SSSR count). The molecule has 2 aromatic carbocycles. The highest BCUT2D eigenvalue weighted by molar-refractivity contribution is 7.90. The average molecular weight is 358 g/mol. The van der Waals surface area contributed by atoms with Crippen LogP contribution in [0.5, 0.6) is 0 Å². The third kappa shape index (κ3) is 2.74. The second-order valence-electron chi connectivity index (χ2n) is 5.82. The van der Waals surface area contributed by atoms with Crippen LogP contribution in [0.15, 0.2) is 53.7 Å². The van der Waals surface area contributed by atoms with Gasteiger partial charge in [0.2, 0.25) is 16.0 Å². The number of nitrogens with two attached hydrogens (primary N) is 1. The summed E-state index contributed by atoms with van der Waals surface area (Å²) >= 11 is 0. The van der Waals surface area contributed by atoms with Crippen molar-refractivity contribution in [1.82, 2.24) is 8.96 Å². The van der Waals surface area contributed by atoms with Crippen molar-refractivity contribution in [2.75, 3.05) is 5.73 Å². The molecule has 0 amide bonds. The number of nitrogens with zero attached hydrogens (tertiary/aromatic N) is 3. The summed E-state index contributed by atoms with van der Waals surface area (Å²) in [7, 11) is -3.68. The van der Waals surface area contributed by atoms with Gasteiger partial charge < -0.3 is 10.9 Å². The maximum absolute atomic E-state index is 12.6. The van der Waals surface area contributed by atoms with Gasteiger partial charge in [0, 0.05) is 11.1 Å². The van der Waals surface area contributed by atoms with Gasteiger partial charge in [0.05, 0.1) is 10.8 Å². The van der Waals surface area contributed by atoms with Crippen LogP contribution in [0, 0.1) is 0 Å². The number of imidazole rings is 1. The lowest BCUT2D eigenvalue weighted by Gasteiger charge is -2.11. The number of para-hydroxylation sites is 1. The molecule has 0 radical (unpaired) electrons. The Kier molecular flexibility index (Phi) is 4.22. The van der Waals surface area contributed by atoms with Crippen LogP contribution in [0.4, 0.5) is 5.95 Å². The molecule has 0 aliphatic rings. The molecule has 25 heavy (non-hydrogen) atoms. The van der Waals surface area contributed by atoms with E-state index in [1.807, 2.05) is 18.2 Å². The molecule has 0 unspecified atom stereocenters. The fourth-order valence-corrected chi connectivity index (χ4v) is 3.77. The summed E-state index contributed by atoms with van der Waals surface area (Å²) in [6, 6.07) is 14.1. The van der Waals surface area contributed by atoms with Crippen LogP contribution in [0.3, 0.4) is 0 Å². The van der Waals surface area contributed by atoms with Crippen molar-refractivity contribution < 1.29 is 13.6 Å². The lowest BCUT2D eigenvalue weighted by molar-refractivity contribution is 0.319. The largest absolute Gasteiger partial charge is 0.410 e. The van der Waals surface area contributed by atoms with E-state index >= 15 is 0 Å². The van der Waals surface area contributed by atoms with Crippen molar-refractivity contribution in [2.45, 2.75) is 19.1 Å². The third-order valence-corrected chi connectivity index (χ3v) is 6.00. The first kappa shape index (κ1) is 17.0. The molecule has 0 atom stereocenters. The average Bonchev–Trinajstić information content (AvgIpc) is 2.93. The van der Waals surface area contributed by atoms with Crippen molar-refractivity contribution in [2.24, 2.45) is 5.16 Å². The summed E-state index contributed by atoms with van der Waals surface area (Å²) in [6.45, 7) is 3.16. The molecular formula is C17H18N4O3S. The molecule has 8 heteroatoms. The van der Waals surface area contributed by atoms with Crippen molar-refractivity contribution in [1.29, 1.82) is 0 Å². The summed E-state index contributed by atoms with van der Waals surface area (Å²) < 4.78 is 26.3. The van der Waals surface area contributed by atoms with Gasteiger partial charge in [-0.3, -0.25) is 0 Å². The summed E-state index contributed by atoms with van der Waals surface area (Å²) in [5.41, 5.74) is 8.07. The minimum absolute atomic E-state index is 0.124. The molecule has 0 spiro atoms. The van der Waals surface area contributed by atoms with E-state index in [1.165, 1.54) is 0 Å². The number of benzene rings is 2. The lowest BCUT2D eigenvalue weighted by Crippen LogP contribution is -2.23. The lowest BCUT2D eigenvalue weighted by atomic mass is 10.0. The van der Waals surface area contributed by atoms with Crippen LogP contribution >= 0.6 is 0 Å². The normalized spacial score (nSPS) is 12.8. The molecule has 3 N–H and O–H groups in total. The highest BCUT2D eigenvalue weighted by atomic mass is 32.2. The van der Waals surface area contributed by atoms with Crippen LogP contribution in [0.2, 0.25) is 0 Å². The smallest absolute Gasteiger partial charge is 0.244 e. The number of rotatable bonds is 4. The molecule has 3 aromatic rings. The minimum Gasteiger partial charge on any atom is -0.410 e. The Hall–Kier alpha value is -2.87. The molecule has 1 aromatic heterocycles. The number of nitrogen functional groups attached to an aromatic ring is 1. The van der Waals surface area contributed by atoms with Gasteiger partial charge in [-0.15, -0.1) is 0 Å². The molecule has 7 nitrogen and oxygen atoms in total. The number of hydrogen-bond acceptors (Lipinski definition) is 6. The Morgan fingerprint density at radius 2 is 1.84 bits per heavy atom. The fourth-order valence-electron chi connectivity index (χ4n) is 2.63. The minimum atomic E-state index is -3.68. The highest BCUT2D eigenvalue weighted by Crippen LogP contribution is 2.26. The van der Waals surface area contributed by atoms with E-state index in [1.54, 1.807) is 44.2 Å². The predicted octanol–water partition coefficient (Wildman–Crippen LogP) is 2.43. The second-order valence-corrected chi connectivity index (χ2v) is 8.15. The number of anilines is 1. The van der Waals surface area contributed by atoms with E-state index in [0.717, 1.165) is 3.97 Å². The maximum atomic E-state index is 12.6. The van der Waals surface area contributed by atoms with Crippen molar-refractivity contribution >= 4 is 32.7 Å². The van der Waals surface area contributed by atoms with E-state index < -0.39 is 15.3 Å². The molecule has 0 fully saturated rings. The predicted molar refractivity (Wildman–Crippen MR) is 97.5 cm³/mol. The first-order chi connectivity index (χ1) is 11.9. The Morgan fingerprint density at radius 1 is 1.16 bits per heavy atom. The van der Waals surface area contributed by atoms with E-state index in [4.69, 9.17) is 5.73 Å². The summed E-state index contributed by atoms with van der Waals surface area (Å²) in [5.74, 6) is -0.124. The van der Waals surface area contributed by atoms with Crippen molar-refractivity contribution in [3.63, 3.8) is 0 Å². The zero-order valence-electron chi connectivity index (χ0n) is 13.8. The van der Waals surface area contributed by atoms with Crippen LogP contribution in [-0.2, 0) is 10.0 Å².